The molecule has 0 amide bonds. The number of rotatable bonds is 2. The van der Waals surface area contributed by atoms with Crippen LogP contribution < -0.4 is 5.32 Å². The monoisotopic (exact) mass is 313 g/mol. The summed E-state index contributed by atoms with van der Waals surface area (Å²) >= 11 is 0. The first-order valence-corrected chi connectivity index (χ1v) is 7.44. The van der Waals surface area contributed by atoms with Crippen LogP contribution in [0.3, 0.4) is 0 Å². The maximum atomic E-state index is 13.8. The Morgan fingerprint density at radius 2 is 1.26 bits per heavy atom. The smallest absolute Gasteiger partial charge is 0.130 e. The first kappa shape index (κ1) is 15.6. The first-order chi connectivity index (χ1) is 11.1. The van der Waals surface area contributed by atoms with Gasteiger partial charge in [-0.25, -0.2) is 8.78 Å². The Labute approximate surface area is 133 Å². The number of halogens is 2. The van der Waals surface area contributed by atoms with E-state index in [1.54, 1.807) is 48.6 Å². The molecule has 2 aromatic rings. The minimum Gasteiger partial charge on any atom is -0.384 e. The summed E-state index contributed by atoms with van der Waals surface area (Å²) in [6, 6.07) is 12.8. The van der Waals surface area contributed by atoms with E-state index < -0.39 is 6.10 Å². The van der Waals surface area contributed by atoms with Gasteiger partial charge >= 0.3 is 0 Å². The van der Waals surface area contributed by atoms with Crippen molar-refractivity contribution < 1.29 is 13.9 Å². The summed E-state index contributed by atoms with van der Waals surface area (Å²) in [5.41, 5.74) is 2.17. The molecular formula is C19H17F2NO. The second kappa shape index (κ2) is 6.86. The molecule has 2 aromatic carbocycles. The molecule has 2 nitrogen and oxygen atoms in total. The average molecular weight is 313 g/mol. The van der Waals surface area contributed by atoms with Gasteiger partial charge < -0.3 is 10.4 Å². The first-order valence-electron chi connectivity index (χ1n) is 7.44. The number of aliphatic hydroxyl groups excluding tert-OH is 1. The number of piperidine rings is 1. The van der Waals surface area contributed by atoms with Crippen molar-refractivity contribution in [2.24, 2.45) is 0 Å². The van der Waals surface area contributed by atoms with Crippen LogP contribution in [0, 0.1) is 11.6 Å². The molecule has 1 aliphatic rings. The van der Waals surface area contributed by atoms with Gasteiger partial charge in [-0.05, 0) is 35.4 Å². The summed E-state index contributed by atoms with van der Waals surface area (Å²) in [5, 5.41) is 13.7. The van der Waals surface area contributed by atoms with Crippen molar-refractivity contribution in [3.63, 3.8) is 0 Å². The zero-order chi connectivity index (χ0) is 16.2. The van der Waals surface area contributed by atoms with Crippen LogP contribution in [0.25, 0.3) is 12.2 Å². The second-order valence-electron chi connectivity index (χ2n) is 5.49. The van der Waals surface area contributed by atoms with Gasteiger partial charge in [0.05, 0.1) is 6.10 Å². The molecule has 4 heteroatoms. The minimum absolute atomic E-state index is 0.336. The second-order valence-corrected chi connectivity index (χ2v) is 5.49. The van der Waals surface area contributed by atoms with E-state index >= 15 is 0 Å². The largest absolute Gasteiger partial charge is 0.384 e. The van der Waals surface area contributed by atoms with Crippen LogP contribution in [0.1, 0.15) is 11.1 Å². The van der Waals surface area contributed by atoms with E-state index in [1.165, 1.54) is 12.1 Å². The summed E-state index contributed by atoms with van der Waals surface area (Å²) in [7, 11) is 0. The number of nitrogens with one attached hydrogen (secondary N) is 1. The van der Waals surface area contributed by atoms with E-state index in [4.69, 9.17) is 0 Å². The van der Waals surface area contributed by atoms with Gasteiger partial charge in [0, 0.05) is 24.2 Å². The van der Waals surface area contributed by atoms with Gasteiger partial charge in [0.25, 0.3) is 0 Å². The van der Waals surface area contributed by atoms with Crippen molar-refractivity contribution in [2.45, 2.75) is 6.10 Å². The van der Waals surface area contributed by atoms with Crippen LogP contribution in [0.15, 0.2) is 59.7 Å². The third-order valence-corrected chi connectivity index (χ3v) is 3.85. The van der Waals surface area contributed by atoms with Gasteiger partial charge in [-0.2, -0.15) is 0 Å². The number of hydrogen-bond donors (Lipinski definition) is 2. The molecule has 23 heavy (non-hydrogen) atoms. The van der Waals surface area contributed by atoms with Crippen molar-refractivity contribution in [3.8, 4) is 0 Å². The minimum atomic E-state index is -0.851. The average Bonchev–Trinajstić information content (AvgIpc) is 2.55. The van der Waals surface area contributed by atoms with E-state index in [9.17, 15) is 13.9 Å². The van der Waals surface area contributed by atoms with Gasteiger partial charge in [0.1, 0.15) is 11.6 Å². The lowest BCUT2D eigenvalue weighted by Crippen LogP contribution is -2.35. The molecule has 0 saturated carbocycles. The molecule has 1 fully saturated rings. The lowest BCUT2D eigenvalue weighted by atomic mass is 9.94. The Bertz CT molecular complexity index is 704. The standard InChI is InChI=1S/C19H17F2NO/c20-17-7-3-1-5-13(17)9-15-11-22-12-16(19(15)23)10-14-6-2-4-8-18(14)21/h1-10,19,22-23H,11-12H2/b15-9+,16-10+. The molecule has 1 saturated heterocycles. The highest BCUT2D eigenvalue weighted by Crippen LogP contribution is 2.23. The Morgan fingerprint density at radius 1 is 0.826 bits per heavy atom. The van der Waals surface area contributed by atoms with Crippen LogP contribution in [0.2, 0.25) is 0 Å². The maximum absolute atomic E-state index is 13.8. The van der Waals surface area contributed by atoms with Gasteiger partial charge in [0.2, 0.25) is 0 Å². The molecular weight excluding hydrogens is 296 g/mol. The fourth-order valence-electron chi connectivity index (χ4n) is 2.63. The molecule has 1 heterocycles. The van der Waals surface area contributed by atoms with E-state index in [0.29, 0.717) is 35.4 Å². The topological polar surface area (TPSA) is 32.3 Å². The summed E-state index contributed by atoms with van der Waals surface area (Å²) in [6.45, 7) is 0.925. The molecule has 0 unspecified atom stereocenters. The Morgan fingerprint density at radius 3 is 1.70 bits per heavy atom. The molecule has 0 spiro atoms. The molecule has 0 bridgehead atoms. The van der Waals surface area contributed by atoms with Gasteiger partial charge in [0.15, 0.2) is 0 Å². The van der Waals surface area contributed by atoms with Crippen LogP contribution in [-0.4, -0.2) is 24.3 Å². The third kappa shape index (κ3) is 3.55. The third-order valence-electron chi connectivity index (χ3n) is 3.85. The van der Waals surface area contributed by atoms with Gasteiger partial charge in [-0.15, -0.1) is 0 Å². The molecule has 3 rings (SSSR count). The molecule has 0 aliphatic carbocycles. The Kier molecular flexibility index (Phi) is 4.65. The van der Waals surface area contributed by atoms with E-state index in [2.05, 4.69) is 5.32 Å². The summed E-state index contributed by atoms with van der Waals surface area (Å²) in [6.07, 6.45) is 2.43. The van der Waals surface area contributed by atoms with E-state index in [0.717, 1.165) is 0 Å². The zero-order valence-electron chi connectivity index (χ0n) is 12.5. The lowest BCUT2D eigenvalue weighted by molar-refractivity contribution is 0.233. The maximum Gasteiger partial charge on any atom is 0.130 e. The SMILES string of the molecule is OC1/C(=C/c2ccccc2F)CNC/C1=C\c1ccccc1F. The number of hydrogen-bond acceptors (Lipinski definition) is 2. The van der Waals surface area contributed by atoms with E-state index in [1.807, 2.05) is 0 Å². The van der Waals surface area contributed by atoms with E-state index in [-0.39, 0.29) is 11.6 Å². The van der Waals surface area contributed by atoms with Crippen LogP contribution in [0.4, 0.5) is 8.78 Å². The highest BCUT2D eigenvalue weighted by atomic mass is 19.1. The molecule has 0 atom stereocenters. The lowest BCUT2D eigenvalue weighted by Gasteiger charge is -2.25. The van der Waals surface area contributed by atoms with Gasteiger partial charge in [-0.3, -0.25) is 0 Å². The fraction of sp³-hybridized carbons (Fsp3) is 0.158. The molecule has 0 aromatic heterocycles. The molecule has 0 radical (unpaired) electrons. The van der Waals surface area contributed by atoms with Crippen molar-refractivity contribution in [1.82, 2.24) is 5.32 Å². The Balaban J connectivity index is 1.91. The summed E-state index contributed by atoms with van der Waals surface area (Å²) in [4.78, 5) is 0. The van der Waals surface area contributed by atoms with Crippen LogP contribution in [-0.2, 0) is 0 Å². The molecule has 1 aliphatic heterocycles. The quantitative estimate of drug-likeness (QED) is 0.891. The zero-order valence-corrected chi connectivity index (χ0v) is 12.5. The Hall–Kier alpha value is -2.30. The number of aliphatic hydroxyl groups is 1. The number of benzene rings is 2. The predicted octanol–water partition coefficient (Wildman–Crippen LogP) is 3.40. The summed E-state index contributed by atoms with van der Waals surface area (Å²) < 4.78 is 27.5. The predicted molar refractivity (Wildman–Crippen MR) is 87.6 cm³/mol. The van der Waals surface area contributed by atoms with Crippen LogP contribution in [0.5, 0.6) is 0 Å². The highest BCUT2D eigenvalue weighted by molar-refractivity contribution is 5.62. The summed E-state index contributed by atoms with van der Waals surface area (Å²) in [5.74, 6) is -0.671. The van der Waals surface area contributed by atoms with Crippen molar-refractivity contribution in [2.75, 3.05) is 13.1 Å². The van der Waals surface area contributed by atoms with Crippen molar-refractivity contribution in [3.05, 3.63) is 82.4 Å². The van der Waals surface area contributed by atoms with Gasteiger partial charge in [-0.1, -0.05) is 36.4 Å². The normalized spacial score (nSPS) is 21.8. The van der Waals surface area contributed by atoms with Crippen molar-refractivity contribution >= 4 is 12.2 Å². The van der Waals surface area contributed by atoms with Crippen LogP contribution >= 0.6 is 0 Å². The molecule has 2 N–H and O–H groups in total. The molecule has 118 valence electrons. The fourth-order valence-corrected chi connectivity index (χ4v) is 2.63. The highest BCUT2D eigenvalue weighted by Gasteiger charge is 2.21. The van der Waals surface area contributed by atoms with Crippen molar-refractivity contribution in [1.29, 1.82) is 0 Å².